The lowest BCUT2D eigenvalue weighted by Crippen LogP contribution is -2.68. The van der Waals surface area contributed by atoms with Gasteiger partial charge in [0, 0.05) is 11.9 Å². The number of oxime groups is 1. The van der Waals surface area contributed by atoms with Crippen LogP contribution in [-0.4, -0.2) is 149 Å². The van der Waals surface area contributed by atoms with Crippen molar-refractivity contribution >= 4 is 81.9 Å². The number of imide groups is 1. The molecule has 69 heavy (non-hydrogen) atoms. The number of thiazole rings is 1. The Balaban J connectivity index is 1.18. The average molecular weight is 992 g/mol. The first-order valence-corrected chi connectivity index (χ1v) is 23.4. The van der Waals surface area contributed by atoms with Gasteiger partial charge in [-0.15, -0.1) is 11.3 Å². The maximum Gasteiger partial charge on any atom is 0.413 e. The lowest BCUT2D eigenvalue weighted by atomic mass is 10.0. The Labute approximate surface area is 404 Å². The van der Waals surface area contributed by atoms with E-state index in [0.717, 1.165) is 38.0 Å². The Morgan fingerprint density at radius 2 is 1.46 bits per heavy atom. The van der Waals surface area contributed by atoms with Crippen molar-refractivity contribution in [1.82, 2.24) is 40.4 Å². The number of amides is 9. The fourth-order valence-corrected chi connectivity index (χ4v) is 9.68. The predicted octanol–water partition coefficient (Wildman–Crippen LogP) is 3.73. The summed E-state index contributed by atoms with van der Waals surface area (Å²) in [6.07, 6.45) is -1.79. The first-order valence-electron chi connectivity index (χ1n) is 21.7. The van der Waals surface area contributed by atoms with Crippen molar-refractivity contribution in [1.29, 1.82) is 0 Å². The summed E-state index contributed by atoms with van der Waals surface area (Å²) in [7, 11) is 0. The first kappa shape index (κ1) is 49.9. The van der Waals surface area contributed by atoms with Crippen molar-refractivity contribution in [3.8, 4) is 0 Å². The molecule has 7 rings (SSSR count). The average Bonchev–Trinajstić information content (AvgIpc) is 4.06. The number of rotatable bonds is 13. The van der Waals surface area contributed by atoms with E-state index in [9.17, 15) is 33.6 Å². The number of nitrogens with one attached hydrogen (secondary N) is 3. The molecule has 2 aromatic carbocycles. The Morgan fingerprint density at radius 1 is 0.841 bits per heavy atom. The summed E-state index contributed by atoms with van der Waals surface area (Å²) in [4.78, 5) is 121. The van der Waals surface area contributed by atoms with Gasteiger partial charge in [0.25, 0.3) is 5.91 Å². The SMILES string of the molecule is CC(C)(C)OC(=O)Nc1nc(/C(=N/OC(C)(C)C(=O)OC(C)(C)C)C(=O)N[C@@H]2C(=O)N3C[C@@](C(=O)OC(c4ccccc4)c4ccccc4)(N4CCN(NC(=O)N5CCN(N)C5=O)C4=O)S[C@H]23)cs1. The minimum atomic E-state index is -1.95. The van der Waals surface area contributed by atoms with Crippen molar-refractivity contribution in [2.75, 3.05) is 38.0 Å². The molecule has 1 aromatic heterocycles. The van der Waals surface area contributed by atoms with Crippen molar-refractivity contribution in [2.45, 2.75) is 94.6 Å². The topological polar surface area (TPSA) is 277 Å². The predicted molar refractivity (Wildman–Crippen MR) is 248 cm³/mol. The first-order chi connectivity index (χ1) is 32.4. The Morgan fingerprint density at radius 3 is 2.04 bits per heavy atom. The molecule has 0 aliphatic carbocycles. The number of ether oxygens (including phenoxy) is 3. The molecule has 368 valence electrons. The summed E-state index contributed by atoms with van der Waals surface area (Å²) in [6, 6.07) is 14.0. The van der Waals surface area contributed by atoms with Gasteiger partial charge >= 0.3 is 36.1 Å². The monoisotopic (exact) mass is 991 g/mol. The Hall–Kier alpha value is -6.99. The lowest BCUT2D eigenvalue weighted by molar-refractivity contribution is -0.179. The molecular weight excluding hydrogens is 939 g/mol. The fourth-order valence-electron chi connectivity index (χ4n) is 7.32. The van der Waals surface area contributed by atoms with Crippen LogP contribution in [0.3, 0.4) is 0 Å². The summed E-state index contributed by atoms with van der Waals surface area (Å²) >= 11 is 1.81. The molecule has 0 radical (unpaired) electrons. The van der Waals surface area contributed by atoms with Gasteiger partial charge in [0.15, 0.2) is 16.9 Å². The van der Waals surface area contributed by atoms with E-state index in [1.807, 2.05) is 0 Å². The molecule has 0 saturated carbocycles. The van der Waals surface area contributed by atoms with Gasteiger partial charge in [-0.05, 0) is 66.5 Å². The minimum absolute atomic E-state index is 0.0184. The quantitative estimate of drug-likeness (QED) is 0.0361. The Bertz CT molecular complexity index is 2510. The highest BCUT2D eigenvalue weighted by Crippen LogP contribution is 2.51. The summed E-state index contributed by atoms with van der Waals surface area (Å²) in [5.74, 6) is 2.33. The number of carbonyl (C=O) groups excluding carboxylic acids is 8. The van der Waals surface area contributed by atoms with E-state index < -0.39 is 92.8 Å². The molecule has 3 aromatic rings. The molecule has 0 bridgehead atoms. The van der Waals surface area contributed by atoms with E-state index in [4.69, 9.17) is 24.9 Å². The molecule has 5 heterocycles. The Kier molecular flexibility index (Phi) is 13.9. The molecule has 4 aliphatic heterocycles. The zero-order valence-electron chi connectivity index (χ0n) is 39.0. The van der Waals surface area contributed by atoms with Gasteiger partial charge in [-0.3, -0.25) is 24.8 Å². The zero-order valence-corrected chi connectivity index (χ0v) is 40.7. The second-order valence-electron chi connectivity index (χ2n) is 18.7. The zero-order chi connectivity index (χ0) is 50.2. The number of fused-ring (bicyclic) bond motifs is 1. The van der Waals surface area contributed by atoms with Gasteiger partial charge in [0.05, 0.1) is 26.2 Å². The minimum Gasteiger partial charge on any atom is -0.457 e. The third kappa shape index (κ3) is 10.8. The molecule has 3 atom stereocenters. The normalized spacial score (nSPS) is 20.7. The van der Waals surface area contributed by atoms with Crippen LogP contribution in [0, 0.1) is 0 Å². The number of carbonyl (C=O) groups is 8. The standard InChI is InChI=1S/C44H53N11O12S2/c1-41(2,3)65-34(58)43(7,8)67-50-28(27-23-68-36(46-27)48-38(61)66-42(4,5)6)31(56)47-29-32(57)52-24-44(69-33(29)52,35(59)64-30(25-15-11-9-12-16-25)26-17-13-10-14-18-26)53-20-22-55(40(53)63)49-37(60)51-19-21-54(45)39(51)62/h9-18,23,29-30,33H,19-22,24,45H2,1-8H3,(H,47,56)(H,49,60)(H,46,48,61)/b50-28-/t29-,33-,44-/m1/s1. The molecule has 4 saturated heterocycles. The highest BCUT2D eigenvalue weighted by molar-refractivity contribution is 8.02. The summed E-state index contributed by atoms with van der Waals surface area (Å²) < 4.78 is 17.2. The highest BCUT2D eigenvalue weighted by atomic mass is 32.2. The van der Waals surface area contributed by atoms with Crippen molar-refractivity contribution < 1.29 is 57.4 Å². The van der Waals surface area contributed by atoms with Crippen LogP contribution < -0.4 is 21.9 Å². The van der Waals surface area contributed by atoms with Crippen LogP contribution in [-0.2, 0) is 38.2 Å². The number of nitrogens with two attached hydrogens (primary N) is 1. The fraction of sp³-hybridized carbons (Fsp3) is 0.455. The van der Waals surface area contributed by atoms with Crippen LogP contribution in [0.15, 0.2) is 71.2 Å². The second kappa shape index (κ2) is 19.2. The largest absolute Gasteiger partial charge is 0.457 e. The maximum atomic E-state index is 15.0. The van der Waals surface area contributed by atoms with E-state index in [1.54, 1.807) is 102 Å². The number of hydrogen-bond acceptors (Lipinski definition) is 17. The van der Waals surface area contributed by atoms with Crippen LogP contribution in [0.5, 0.6) is 0 Å². The van der Waals surface area contributed by atoms with Crippen molar-refractivity contribution in [2.24, 2.45) is 11.0 Å². The van der Waals surface area contributed by atoms with E-state index in [-0.39, 0.29) is 43.5 Å². The van der Waals surface area contributed by atoms with Gasteiger partial charge in [-0.2, -0.15) is 0 Å². The molecule has 4 aliphatic rings. The number of aromatic nitrogens is 1. The lowest BCUT2D eigenvalue weighted by Gasteiger charge is -2.41. The van der Waals surface area contributed by atoms with Gasteiger partial charge < -0.3 is 29.3 Å². The molecule has 0 spiro atoms. The highest BCUT2D eigenvalue weighted by Gasteiger charge is 2.67. The third-order valence-electron chi connectivity index (χ3n) is 10.7. The number of thioether (sulfide) groups is 1. The van der Waals surface area contributed by atoms with E-state index in [0.29, 0.717) is 11.1 Å². The number of β-lactam (4-membered cyclic amide) rings is 1. The van der Waals surface area contributed by atoms with Crippen molar-refractivity contribution in [3.05, 3.63) is 82.9 Å². The van der Waals surface area contributed by atoms with Gasteiger partial charge in [-0.25, -0.2) is 54.9 Å². The van der Waals surface area contributed by atoms with E-state index in [1.165, 1.54) is 29.0 Å². The van der Waals surface area contributed by atoms with Crippen LogP contribution in [0.1, 0.15) is 78.3 Å². The molecule has 25 heteroatoms. The summed E-state index contributed by atoms with van der Waals surface area (Å²) in [5.41, 5.74) is -0.421. The molecule has 4 fully saturated rings. The number of anilines is 1. The van der Waals surface area contributed by atoms with Crippen LogP contribution in [0.4, 0.5) is 24.3 Å². The number of benzene rings is 2. The number of hydrogen-bond donors (Lipinski definition) is 4. The number of hydrazine groups is 2. The molecular formula is C44H53N11O12S2. The molecule has 9 amide bonds. The molecule has 23 nitrogen and oxygen atoms in total. The van der Waals surface area contributed by atoms with Crippen LogP contribution in [0.25, 0.3) is 0 Å². The number of esters is 2. The van der Waals surface area contributed by atoms with E-state index >= 15 is 4.79 Å². The molecule has 0 unspecified atom stereocenters. The van der Waals surface area contributed by atoms with E-state index in [2.05, 4.69) is 26.2 Å². The number of nitrogens with zero attached hydrogens (tertiary/aromatic N) is 7. The smallest absolute Gasteiger partial charge is 0.413 e. The number of urea groups is 3. The molecule has 5 N–H and O–H groups in total. The van der Waals surface area contributed by atoms with Gasteiger partial charge in [0.1, 0.15) is 28.3 Å². The second-order valence-corrected chi connectivity index (χ2v) is 20.9. The van der Waals surface area contributed by atoms with Gasteiger partial charge in [-0.1, -0.05) is 77.6 Å². The maximum absolute atomic E-state index is 15.0. The van der Waals surface area contributed by atoms with Crippen LogP contribution >= 0.6 is 23.1 Å². The van der Waals surface area contributed by atoms with Crippen LogP contribution in [0.2, 0.25) is 0 Å². The van der Waals surface area contributed by atoms with Crippen molar-refractivity contribution in [3.63, 3.8) is 0 Å². The summed E-state index contributed by atoms with van der Waals surface area (Å²) in [5, 5.41) is 11.5. The third-order valence-corrected chi connectivity index (χ3v) is 13.1. The summed E-state index contributed by atoms with van der Waals surface area (Å²) in [6.45, 7) is 12.2. The van der Waals surface area contributed by atoms with Gasteiger partial charge in [0.2, 0.25) is 16.4 Å².